The predicted molar refractivity (Wildman–Crippen MR) is 117 cm³/mol. The van der Waals surface area contributed by atoms with Crippen molar-refractivity contribution >= 4 is 60.1 Å². The summed E-state index contributed by atoms with van der Waals surface area (Å²) in [5, 5.41) is 7.34. The van der Waals surface area contributed by atoms with Crippen LogP contribution in [0.3, 0.4) is 0 Å². The number of rotatable bonds is 3. The van der Waals surface area contributed by atoms with Crippen LogP contribution in [-0.2, 0) is 4.74 Å². The van der Waals surface area contributed by atoms with E-state index in [0.29, 0.717) is 17.0 Å². The number of hydrogen-bond acceptors (Lipinski definition) is 7. The molecule has 1 saturated heterocycles. The second-order valence-corrected chi connectivity index (χ2v) is 9.36. The average Bonchev–Trinajstić information content (AvgIpc) is 3.52. The van der Waals surface area contributed by atoms with E-state index >= 15 is 0 Å². The highest BCUT2D eigenvalue weighted by molar-refractivity contribution is 7.19. The van der Waals surface area contributed by atoms with Crippen LogP contribution in [0.25, 0.3) is 26.0 Å². The Labute approximate surface area is 178 Å². The van der Waals surface area contributed by atoms with Gasteiger partial charge in [-0.15, -0.1) is 22.7 Å². The van der Waals surface area contributed by atoms with Crippen LogP contribution in [0.4, 0.5) is 20.2 Å². The number of benzene rings is 1. The SMILES string of the molecule is Fc1cc2scnc2c(F)c1Nc1ccnc2sc(C3=CCNC34CCOC4)cc12. The molecule has 1 spiro atoms. The Morgan fingerprint density at radius 3 is 3.03 bits per heavy atom. The highest BCUT2D eigenvalue weighted by Crippen LogP contribution is 2.43. The lowest BCUT2D eigenvalue weighted by Crippen LogP contribution is -2.42. The Morgan fingerprint density at radius 1 is 1.23 bits per heavy atom. The normalized spacial score (nSPS) is 21.2. The fourth-order valence-corrected chi connectivity index (χ4v) is 6.12. The highest BCUT2D eigenvalue weighted by Gasteiger charge is 2.41. The topological polar surface area (TPSA) is 59.1 Å². The van der Waals surface area contributed by atoms with Gasteiger partial charge in [-0.3, -0.25) is 0 Å². The number of anilines is 2. The van der Waals surface area contributed by atoms with Gasteiger partial charge < -0.3 is 15.4 Å². The Hall–Kier alpha value is -2.46. The molecule has 0 aliphatic carbocycles. The van der Waals surface area contributed by atoms with Crippen molar-refractivity contribution in [3.05, 3.63) is 52.5 Å². The van der Waals surface area contributed by atoms with Crippen LogP contribution in [0.2, 0.25) is 0 Å². The maximum Gasteiger partial charge on any atom is 0.176 e. The van der Waals surface area contributed by atoms with E-state index in [9.17, 15) is 8.78 Å². The zero-order chi connectivity index (χ0) is 20.3. The number of pyridine rings is 1. The van der Waals surface area contributed by atoms with Crippen molar-refractivity contribution < 1.29 is 13.5 Å². The molecular weight excluding hydrogens is 426 g/mol. The van der Waals surface area contributed by atoms with Crippen molar-refractivity contribution in [3.8, 4) is 0 Å². The number of fused-ring (bicyclic) bond motifs is 2. The molecule has 5 nitrogen and oxygen atoms in total. The summed E-state index contributed by atoms with van der Waals surface area (Å²) in [4.78, 5) is 10.4. The molecule has 0 radical (unpaired) electrons. The zero-order valence-corrected chi connectivity index (χ0v) is 17.3. The lowest BCUT2D eigenvalue weighted by molar-refractivity contribution is 0.183. The molecule has 2 N–H and O–H groups in total. The van der Waals surface area contributed by atoms with E-state index in [2.05, 4.69) is 26.7 Å². The monoisotopic (exact) mass is 442 g/mol. The van der Waals surface area contributed by atoms with Crippen molar-refractivity contribution in [1.82, 2.24) is 15.3 Å². The number of thiazole rings is 1. The van der Waals surface area contributed by atoms with Crippen LogP contribution in [-0.4, -0.2) is 35.3 Å². The molecule has 5 heterocycles. The Balaban J connectivity index is 1.43. The molecule has 1 unspecified atom stereocenters. The first-order valence-electron chi connectivity index (χ1n) is 9.55. The fourth-order valence-electron chi connectivity index (χ4n) is 4.26. The van der Waals surface area contributed by atoms with Gasteiger partial charge in [0.15, 0.2) is 11.6 Å². The van der Waals surface area contributed by atoms with Crippen molar-refractivity contribution in [2.45, 2.75) is 12.0 Å². The number of nitrogens with zero attached hydrogens (tertiary/aromatic N) is 2. The second kappa shape index (κ2) is 6.78. The van der Waals surface area contributed by atoms with E-state index in [4.69, 9.17) is 4.74 Å². The Morgan fingerprint density at radius 2 is 2.17 bits per heavy atom. The minimum absolute atomic E-state index is 0.150. The van der Waals surface area contributed by atoms with E-state index < -0.39 is 11.6 Å². The summed E-state index contributed by atoms with van der Waals surface area (Å²) in [5.41, 5.74) is 3.16. The highest BCUT2D eigenvalue weighted by atomic mass is 32.1. The van der Waals surface area contributed by atoms with Crippen LogP contribution in [0.1, 0.15) is 11.3 Å². The number of aromatic nitrogens is 2. The maximum absolute atomic E-state index is 14.9. The lowest BCUT2D eigenvalue weighted by atomic mass is 9.90. The van der Waals surface area contributed by atoms with Crippen LogP contribution < -0.4 is 10.6 Å². The quantitative estimate of drug-likeness (QED) is 0.464. The van der Waals surface area contributed by atoms with E-state index in [0.717, 1.165) is 34.7 Å². The molecule has 152 valence electrons. The minimum atomic E-state index is -0.684. The van der Waals surface area contributed by atoms with Gasteiger partial charge >= 0.3 is 0 Å². The summed E-state index contributed by atoms with van der Waals surface area (Å²) in [7, 11) is 0. The van der Waals surface area contributed by atoms with Crippen LogP contribution in [0.5, 0.6) is 0 Å². The first kappa shape index (κ1) is 18.3. The zero-order valence-electron chi connectivity index (χ0n) is 15.7. The summed E-state index contributed by atoms with van der Waals surface area (Å²) in [5.74, 6) is -1.33. The summed E-state index contributed by atoms with van der Waals surface area (Å²) < 4.78 is 35.7. The number of hydrogen-bond donors (Lipinski definition) is 2. The molecule has 3 aromatic heterocycles. The molecule has 1 atom stereocenters. The first-order chi connectivity index (χ1) is 14.6. The Kier molecular flexibility index (Phi) is 4.14. The number of thiophene rings is 1. The maximum atomic E-state index is 14.9. The first-order valence-corrected chi connectivity index (χ1v) is 11.2. The smallest absolute Gasteiger partial charge is 0.176 e. The third-order valence-corrected chi connectivity index (χ3v) is 7.62. The van der Waals surface area contributed by atoms with Crippen LogP contribution in [0, 0.1) is 11.6 Å². The van der Waals surface area contributed by atoms with Crippen molar-refractivity contribution in [3.63, 3.8) is 0 Å². The minimum Gasteiger partial charge on any atom is -0.379 e. The van der Waals surface area contributed by atoms with Gasteiger partial charge in [0, 0.05) is 29.6 Å². The molecule has 6 rings (SSSR count). The van der Waals surface area contributed by atoms with Gasteiger partial charge in [-0.25, -0.2) is 18.7 Å². The average molecular weight is 443 g/mol. The molecule has 2 aliphatic rings. The molecule has 0 amide bonds. The lowest BCUT2D eigenvalue weighted by Gasteiger charge is -2.25. The largest absolute Gasteiger partial charge is 0.379 e. The van der Waals surface area contributed by atoms with Crippen molar-refractivity contribution in [1.29, 1.82) is 0 Å². The fraction of sp³-hybridized carbons (Fsp3) is 0.238. The number of ether oxygens (including phenoxy) is 1. The van der Waals surface area contributed by atoms with Crippen molar-refractivity contribution in [2.75, 3.05) is 25.1 Å². The van der Waals surface area contributed by atoms with Crippen LogP contribution in [0.15, 0.2) is 36.0 Å². The van der Waals surface area contributed by atoms with Gasteiger partial charge in [0.1, 0.15) is 16.0 Å². The Bertz CT molecular complexity index is 1320. The third kappa shape index (κ3) is 2.70. The van der Waals surface area contributed by atoms with E-state index in [1.54, 1.807) is 23.6 Å². The van der Waals surface area contributed by atoms with Gasteiger partial charge in [-0.05, 0) is 30.2 Å². The number of halogens is 2. The number of nitrogens with one attached hydrogen (secondary N) is 2. The molecular formula is C21H16F2N4OS2. The van der Waals surface area contributed by atoms with Gasteiger partial charge in [0.25, 0.3) is 0 Å². The predicted octanol–water partition coefficient (Wildman–Crippen LogP) is 5.07. The summed E-state index contributed by atoms with van der Waals surface area (Å²) in [6.07, 6.45) is 4.77. The van der Waals surface area contributed by atoms with Gasteiger partial charge in [-0.1, -0.05) is 6.08 Å². The molecule has 4 aromatic rings. The standard InChI is InChI=1S/C21H16F2N4OS2/c22-13-8-16-19(25-10-29-16)17(23)18(13)27-14-2-4-24-20-11(14)7-15(30-20)12-1-5-26-21(12)3-6-28-9-21/h1-2,4,7-8,10,26H,3,5-6,9H2,(H,24,27). The van der Waals surface area contributed by atoms with E-state index in [1.807, 2.05) is 6.07 Å². The molecule has 0 saturated carbocycles. The van der Waals surface area contributed by atoms with Crippen molar-refractivity contribution in [2.24, 2.45) is 0 Å². The molecule has 2 aliphatic heterocycles. The van der Waals surface area contributed by atoms with Gasteiger partial charge in [-0.2, -0.15) is 0 Å². The molecule has 0 bridgehead atoms. The van der Waals surface area contributed by atoms with Gasteiger partial charge in [0.05, 0.1) is 28.0 Å². The van der Waals surface area contributed by atoms with E-state index in [1.165, 1.54) is 28.5 Å². The third-order valence-electron chi connectivity index (χ3n) is 5.76. The summed E-state index contributed by atoms with van der Waals surface area (Å²) in [6, 6.07) is 5.10. The van der Waals surface area contributed by atoms with E-state index in [-0.39, 0.29) is 16.7 Å². The van der Waals surface area contributed by atoms with Crippen LogP contribution >= 0.6 is 22.7 Å². The summed E-state index contributed by atoms with van der Waals surface area (Å²) >= 11 is 2.79. The molecule has 9 heteroatoms. The van der Waals surface area contributed by atoms with Gasteiger partial charge in [0.2, 0.25) is 0 Å². The molecule has 1 aromatic carbocycles. The molecule has 1 fully saturated rings. The molecule has 30 heavy (non-hydrogen) atoms. The second-order valence-electron chi connectivity index (χ2n) is 7.44. The summed E-state index contributed by atoms with van der Waals surface area (Å²) in [6.45, 7) is 2.18.